The second kappa shape index (κ2) is 11.5. The van der Waals surface area contributed by atoms with Crippen molar-refractivity contribution in [2.75, 3.05) is 19.6 Å². The van der Waals surface area contributed by atoms with E-state index in [0.29, 0.717) is 11.5 Å². The molecule has 1 saturated heterocycles. The van der Waals surface area contributed by atoms with Gasteiger partial charge in [-0.2, -0.15) is 0 Å². The molecule has 1 N–H and O–H groups in total. The maximum Gasteiger partial charge on any atom is 0.252 e. The summed E-state index contributed by atoms with van der Waals surface area (Å²) in [7, 11) is 0. The quantitative estimate of drug-likeness (QED) is 0.413. The number of ketones is 1. The number of amides is 1. The Morgan fingerprint density at radius 1 is 0.919 bits per heavy atom. The molecule has 1 aromatic heterocycles. The molecule has 5 nitrogen and oxygen atoms in total. The molecule has 37 heavy (non-hydrogen) atoms. The van der Waals surface area contributed by atoms with E-state index in [9.17, 15) is 18.4 Å². The monoisotopic (exact) mass is 505 g/mol. The van der Waals surface area contributed by atoms with Crippen LogP contribution in [-0.2, 0) is 0 Å². The first-order valence-electron chi connectivity index (χ1n) is 13.3. The first kappa shape index (κ1) is 25.5. The van der Waals surface area contributed by atoms with Crippen LogP contribution in [0.1, 0.15) is 65.7 Å². The topological polar surface area (TPSA) is 62.3 Å². The van der Waals surface area contributed by atoms with Crippen LogP contribution in [0.4, 0.5) is 8.78 Å². The number of rotatable bonds is 7. The maximum atomic E-state index is 13.5. The van der Waals surface area contributed by atoms with Crippen LogP contribution < -0.4 is 5.32 Å². The van der Waals surface area contributed by atoms with Crippen molar-refractivity contribution in [3.05, 3.63) is 77.5 Å². The number of nitrogens with one attached hydrogen (secondary N) is 1. The number of fused-ring (bicyclic) bond motifs is 1. The second-order valence-electron chi connectivity index (χ2n) is 10.5. The molecule has 0 unspecified atom stereocenters. The Morgan fingerprint density at radius 2 is 1.68 bits per heavy atom. The normalized spacial score (nSPS) is 21.1. The molecule has 2 aromatic carbocycles. The van der Waals surface area contributed by atoms with Gasteiger partial charge in [-0.25, -0.2) is 8.78 Å². The molecule has 1 aliphatic carbocycles. The number of carbonyl (C=O) groups is 2. The van der Waals surface area contributed by atoms with Crippen molar-refractivity contribution in [1.82, 2.24) is 15.2 Å². The highest BCUT2D eigenvalue weighted by Gasteiger charge is 2.28. The number of hydrogen-bond donors (Lipinski definition) is 1. The van der Waals surface area contributed by atoms with Crippen LogP contribution >= 0.6 is 0 Å². The van der Waals surface area contributed by atoms with E-state index in [4.69, 9.17) is 0 Å². The Labute approximate surface area is 216 Å². The third-order valence-corrected chi connectivity index (χ3v) is 8.09. The summed E-state index contributed by atoms with van der Waals surface area (Å²) in [6.45, 7) is 2.72. The number of benzene rings is 2. The standard InChI is InChI=1S/C30H33F2N3O2/c31-26-10-7-22(19-27(26)32)29(36)21-13-17-35(18-14-21)16-12-20-5-8-23(9-6-20)34-30(37)25-11-15-33-28-4-2-1-3-24(25)28/h1-4,7,10-11,15,19-21,23H,5-6,8-9,12-14,16-18H2,(H,34,37). The molecule has 3 aromatic rings. The van der Waals surface area contributed by atoms with Crippen molar-refractivity contribution in [3.8, 4) is 0 Å². The lowest BCUT2D eigenvalue weighted by Gasteiger charge is -2.34. The number of pyridine rings is 1. The summed E-state index contributed by atoms with van der Waals surface area (Å²) in [6, 6.07) is 13.1. The lowest BCUT2D eigenvalue weighted by atomic mass is 9.83. The number of aromatic nitrogens is 1. The van der Waals surface area contributed by atoms with Gasteiger partial charge in [-0.05, 0) is 101 Å². The average Bonchev–Trinajstić information content (AvgIpc) is 2.93. The molecule has 1 amide bonds. The van der Waals surface area contributed by atoms with Gasteiger partial charge in [0.1, 0.15) is 0 Å². The van der Waals surface area contributed by atoms with Crippen molar-refractivity contribution in [2.24, 2.45) is 11.8 Å². The fourth-order valence-corrected chi connectivity index (χ4v) is 5.82. The summed E-state index contributed by atoms with van der Waals surface area (Å²) in [4.78, 5) is 32.4. The van der Waals surface area contributed by atoms with Crippen LogP contribution in [0.2, 0.25) is 0 Å². The summed E-state index contributed by atoms with van der Waals surface area (Å²) in [5, 5.41) is 4.12. The fourth-order valence-electron chi connectivity index (χ4n) is 5.82. The van der Waals surface area contributed by atoms with Gasteiger partial charge in [0, 0.05) is 29.1 Å². The zero-order chi connectivity index (χ0) is 25.8. The van der Waals surface area contributed by atoms with Crippen LogP contribution in [0.5, 0.6) is 0 Å². The summed E-state index contributed by atoms with van der Waals surface area (Å²) in [5.74, 6) is -1.48. The van der Waals surface area contributed by atoms with E-state index in [2.05, 4.69) is 15.2 Å². The minimum atomic E-state index is -0.969. The number of carbonyl (C=O) groups excluding carboxylic acids is 2. The minimum absolute atomic E-state index is 0.0251. The number of likely N-dealkylation sites (tertiary alicyclic amines) is 1. The SMILES string of the molecule is O=C(NC1CCC(CCN2CCC(C(=O)c3ccc(F)c(F)c3)CC2)CC1)c1ccnc2ccccc12. The molecule has 7 heteroatoms. The third kappa shape index (κ3) is 6.04. The average molecular weight is 506 g/mol. The molecule has 1 saturated carbocycles. The lowest BCUT2D eigenvalue weighted by Crippen LogP contribution is -2.39. The highest BCUT2D eigenvalue weighted by Crippen LogP contribution is 2.29. The van der Waals surface area contributed by atoms with Gasteiger partial charge < -0.3 is 10.2 Å². The number of piperidine rings is 1. The van der Waals surface area contributed by atoms with Crippen LogP contribution in [0.15, 0.2) is 54.7 Å². The molecular weight excluding hydrogens is 472 g/mol. The van der Waals surface area contributed by atoms with Gasteiger partial charge in [-0.1, -0.05) is 18.2 Å². The van der Waals surface area contributed by atoms with Crippen molar-refractivity contribution in [2.45, 2.75) is 51.0 Å². The van der Waals surface area contributed by atoms with Gasteiger partial charge in [0.15, 0.2) is 17.4 Å². The third-order valence-electron chi connectivity index (χ3n) is 8.09. The van der Waals surface area contributed by atoms with E-state index in [0.717, 1.165) is 87.6 Å². The van der Waals surface area contributed by atoms with E-state index in [1.54, 1.807) is 12.3 Å². The van der Waals surface area contributed by atoms with Gasteiger partial charge in [-0.3, -0.25) is 14.6 Å². The van der Waals surface area contributed by atoms with E-state index in [1.807, 2.05) is 24.3 Å². The minimum Gasteiger partial charge on any atom is -0.349 e. The number of hydrogen-bond acceptors (Lipinski definition) is 4. The predicted octanol–water partition coefficient (Wildman–Crippen LogP) is 5.79. The second-order valence-corrected chi connectivity index (χ2v) is 10.5. The van der Waals surface area contributed by atoms with Gasteiger partial charge in [-0.15, -0.1) is 0 Å². The molecule has 5 rings (SSSR count). The summed E-state index contributed by atoms with van der Waals surface area (Å²) >= 11 is 0. The van der Waals surface area contributed by atoms with E-state index >= 15 is 0 Å². The lowest BCUT2D eigenvalue weighted by molar-refractivity contribution is 0.0832. The van der Waals surface area contributed by atoms with Crippen molar-refractivity contribution in [1.29, 1.82) is 0 Å². The van der Waals surface area contributed by atoms with E-state index in [-0.39, 0.29) is 29.2 Å². The molecule has 2 fully saturated rings. The number of halogens is 2. The molecule has 0 radical (unpaired) electrons. The van der Waals surface area contributed by atoms with E-state index < -0.39 is 11.6 Å². The van der Waals surface area contributed by atoms with Gasteiger partial charge in [0.2, 0.25) is 0 Å². The maximum absolute atomic E-state index is 13.5. The molecule has 0 spiro atoms. The number of para-hydroxylation sites is 1. The Bertz CT molecular complexity index is 1260. The van der Waals surface area contributed by atoms with Crippen molar-refractivity contribution < 1.29 is 18.4 Å². The number of nitrogens with zero attached hydrogens (tertiary/aromatic N) is 2. The van der Waals surface area contributed by atoms with Gasteiger partial charge >= 0.3 is 0 Å². The molecular formula is C30H33F2N3O2. The first-order chi connectivity index (χ1) is 18.0. The Hall–Kier alpha value is -3.19. The van der Waals surface area contributed by atoms with Crippen LogP contribution in [-0.4, -0.2) is 47.3 Å². The van der Waals surface area contributed by atoms with Crippen molar-refractivity contribution >= 4 is 22.6 Å². The molecule has 194 valence electrons. The Balaban J connectivity index is 1.03. The summed E-state index contributed by atoms with van der Waals surface area (Å²) < 4.78 is 26.7. The first-order valence-corrected chi connectivity index (χ1v) is 13.3. The van der Waals surface area contributed by atoms with Crippen LogP contribution in [0.3, 0.4) is 0 Å². The number of Topliss-reactive ketones (excluding diaryl/α,β-unsaturated/α-hetero) is 1. The highest BCUT2D eigenvalue weighted by molar-refractivity contribution is 6.06. The smallest absolute Gasteiger partial charge is 0.252 e. The van der Waals surface area contributed by atoms with Gasteiger partial charge in [0.25, 0.3) is 5.91 Å². The highest BCUT2D eigenvalue weighted by atomic mass is 19.2. The summed E-state index contributed by atoms with van der Waals surface area (Å²) in [6.07, 6.45) is 8.50. The molecule has 2 aliphatic rings. The largest absolute Gasteiger partial charge is 0.349 e. The molecule has 2 heterocycles. The Morgan fingerprint density at radius 3 is 2.43 bits per heavy atom. The zero-order valence-corrected chi connectivity index (χ0v) is 21.0. The fraction of sp³-hybridized carbons (Fsp3) is 0.433. The molecule has 0 atom stereocenters. The zero-order valence-electron chi connectivity index (χ0n) is 21.0. The van der Waals surface area contributed by atoms with Gasteiger partial charge in [0.05, 0.1) is 11.1 Å². The molecule has 0 bridgehead atoms. The predicted molar refractivity (Wildman–Crippen MR) is 139 cm³/mol. The summed E-state index contributed by atoms with van der Waals surface area (Å²) in [5.41, 5.74) is 1.77. The van der Waals surface area contributed by atoms with Crippen molar-refractivity contribution in [3.63, 3.8) is 0 Å². The van der Waals surface area contributed by atoms with Crippen LogP contribution in [0, 0.1) is 23.5 Å². The molecule has 1 aliphatic heterocycles. The van der Waals surface area contributed by atoms with E-state index in [1.165, 1.54) is 6.07 Å². The van der Waals surface area contributed by atoms with Crippen LogP contribution in [0.25, 0.3) is 10.9 Å². The Kier molecular flexibility index (Phi) is 7.89.